The molecule has 6 nitrogen and oxygen atoms in total. The van der Waals surface area contributed by atoms with Crippen molar-refractivity contribution in [2.24, 2.45) is 0 Å². The number of rotatable bonds is 7. The van der Waals surface area contributed by atoms with Crippen LogP contribution in [-0.4, -0.2) is 24.9 Å². The number of nitrogens with zero attached hydrogens (tertiary/aromatic N) is 1. The van der Waals surface area contributed by atoms with E-state index in [0.29, 0.717) is 0 Å². The summed E-state index contributed by atoms with van der Waals surface area (Å²) in [6.07, 6.45) is 4.52. The highest BCUT2D eigenvalue weighted by atomic mass is 32.2. The molecule has 0 amide bonds. The average molecular weight is 392 g/mol. The van der Waals surface area contributed by atoms with Crippen LogP contribution in [0, 0.1) is 0 Å². The Labute approximate surface area is 163 Å². The van der Waals surface area contributed by atoms with Crippen LogP contribution in [0.3, 0.4) is 0 Å². The van der Waals surface area contributed by atoms with Crippen LogP contribution < -0.4 is 10.0 Å². The Morgan fingerprint density at radius 3 is 2.50 bits per heavy atom. The normalized spacial score (nSPS) is 11.4. The molecule has 0 saturated heterocycles. The van der Waals surface area contributed by atoms with Crippen LogP contribution in [-0.2, 0) is 16.4 Å². The summed E-state index contributed by atoms with van der Waals surface area (Å²) >= 11 is 0. The zero-order chi connectivity index (χ0) is 19.4. The lowest BCUT2D eigenvalue weighted by Crippen LogP contribution is -2.14. The SMILES string of the molecule is O=S(=O)(Nc1ccc(NCCc2c[nH]c3ccccc23)cn1)c1ccccc1. The number of para-hydroxylation sites is 1. The Bertz CT molecular complexity index is 1170. The highest BCUT2D eigenvalue weighted by Crippen LogP contribution is 2.19. The first-order valence-corrected chi connectivity index (χ1v) is 10.4. The van der Waals surface area contributed by atoms with Crippen molar-refractivity contribution in [3.63, 3.8) is 0 Å². The number of fused-ring (bicyclic) bond motifs is 1. The number of anilines is 2. The number of hydrogen-bond donors (Lipinski definition) is 3. The van der Waals surface area contributed by atoms with Gasteiger partial charge in [0.1, 0.15) is 5.82 Å². The van der Waals surface area contributed by atoms with Gasteiger partial charge in [-0.05, 0) is 42.3 Å². The Hall–Kier alpha value is -3.32. The maximum absolute atomic E-state index is 12.3. The van der Waals surface area contributed by atoms with E-state index in [1.807, 2.05) is 24.4 Å². The number of nitrogens with one attached hydrogen (secondary N) is 3. The fourth-order valence-electron chi connectivity index (χ4n) is 3.04. The topological polar surface area (TPSA) is 86.9 Å². The number of benzene rings is 2. The summed E-state index contributed by atoms with van der Waals surface area (Å²) < 4.78 is 27.1. The monoisotopic (exact) mass is 392 g/mol. The second-order valence-corrected chi connectivity index (χ2v) is 8.07. The summed E-state index contributed by atoms with van der Waals surface area (Å²) in [7, 11) is -3.63. The van der Waals surface area contributed by atoms with E-state index >= 15 is 0 Å². The van der Waals surface area contributed by atoms with Crippen molar-refractivity contribution >= 4 is 32.4 Å². The smallest absolute Gasteiger partial charge is 0.263 e. The molecule has 2 aromatic heterocycles. The van der Waals surface area contributed by atoms with Gasteiger partial charge in [0, 0.05) is 23.6 Å². The summed E-state index contributed by atoms with van der Waals surface area (Å²) in [6, 6.07) is 19.9. The van der Waals surface area contributed by atoms with Crippen LogP contribution in [0.4, 0.5) is 11.5 Å². The van der Waals surface area contributed by atoms with Crippen LogP contribution in [0.5, 0.6) is 0 Å². The molecular formula is C21H20N4O2S. The standard InChI is InChI=1S/C21H20N4O2S/c26-28(27,18-6-2-1-3-7-18)25-21-11-10-17(15-24-21)22-13-12-16-14-23-20-9-5-4-8-19(16)20/h1-11,14-15,22-23H,12-13H2,(H,24,25). The minimum atomic E-state index is -3.63. The van der Waals surface area contributed by atoms with Gasteiger partial charge in [-0.15, -0.1) is 0 Å². The van der Waals surface area contributed by atoms with Crippen molar-refractivity contribution in [3.05, 3.63) is 84.7 Å². The minimum Gasteiger partial charge on any atom is -0.383 e. The summed E-state index contributed by atoms with van der Waals surface area (Å²) in [5.74, 6) is 0.283. The lowest BCUT2D eigenvalue weighted by molar-refractivity contribution is 0.601. The van der Waals surface area contributed by atoms with Crippen LogP contribution >= 0.6 is 0 Å². The highest BCUT2D eigenvalue weighted by molar-refractivity contribution is 7.92. The molecule has 4 aromatic rings. The van der Waals surface area contributed by atoms with E-state index in [-0.39, 0.29) is 10.7 Å². The quantitative estimate of drug-likeness (QED) is 0.443. The van der Waals surface area contributed by atoms with Crippen molar-refractivity contribution in [2.75, 3.05) is 16.6 Å². The van der Waals surface area contributed by atoms with Crippen LogP contribution in [0.2, 0.25) is 0 Å². The number of aromatic amines is 1. The number of H-pyrrole nitrogens is 1. The molecular weight excluding hydrogens is 372 g/mol. The van der Waals surface area contributed by atoms with E-state index in [9.17, 15) is 8.42 Å². The van der Waals surface area contributed by atoms with E-state index < -0.39 is 10.0 Å². The van der Waals surface area contributed by atoms with Crippen LogP contribution in [0.1, 0.15) is 5.56 Å². The first-order chi connectivity index (χ1) is 13.6. The van der Waals surface area contributed by atoms with E-state index in [1.54, 1.807) is 42.6 Å². The first-order valence-electron chi connectivity index (χ1n) is 8.95. The molecule has 0 bridgehead atoms. The van der Waals surface area contributed by atoms with E-state index in [2.05, 4.69) is 32.1 Å². The van der Waals surface area contributed by atoms with Crippen LogP contribution in [0.25, 0.3) is 10.9 Å². The van der Waals surface area contributed by atoms with Gasteiger partial charge < -0.3 is 10.3 Å². The lowest BCUT2D eigenvalue weighted by atomic mass is 10.1. The second-order valence-electron chi connectivity index (χ2n) is 6.39. The summed E-state index contributed by atoms with van der Waals surface area (Å²) in [5, 5.41) is 4.55. The Morgan fingerprint density at radius 1 is 0.929 bits per heavy atom. The Balaban J connectivity index is 1.36. The molecule has 0 aliphatic rings. The summed E-state index contributed by atoms with van der Waals surface area (Å²) in [4.78, 5) is 7.68. The summed E-state index contributed by atoms with van der Waals surface area (Å²) in [5.41, 5.74) is 3.22. The van der Waals surface area contributed by atoms with Gasteiger partial charge in [0.05, 0.1) is 16.8 Å². The van der Waals surface area contributed by atoms with Crippen LogP contribution in [0.15, 0.2) is 84.0 Å². The molecule has 0 fully saturated rings. The van der Waals surface area contributed by atoms with Crippen molar-refractivity contribution in [2.45, 2.75) is 11.3 Å². The maximum atomic E-state index is 12.3. The molecule has 0 unspecified atom stereocenters. The molecule has 142 valence electrons. The van der Waals surface area contributed by atoms with Gasteiger partial charge in [-0.1, -0.05) is 36.4 Å². The van der Waals surface area contributed by atoms with Crippen molar-refractivity contribution in [3.8, 4) is 0 Å². The molecule has 2 aromatic carbocycles. The zero-order valence-corrected chi connectivity index (χ0v) is 15.9. The molecule has 0 atom stereocenters. The fraction of sp³-hybridized carbons (Fsp3) is 0.0952. The molecule has 0 aliphatic heterocycles. The second kappa shape index (κ2) is 7.74. The molecule has 0 spiro atoms. The molecule has 0 aliphatic carbocycles. The first kappa shape index (κ1) is 18.1. The molecule has 28 heavy (non-hydrogen) atoms. The number of sulfonamides is 1. The van der Waals surface area contributed by atoms with Crippen molar-refractivity contribution < 1.29 is 8.42 Å². The average Bonchev–Trinajstić information content (AvgIpc) is 3.13. The largest absolute Gasteiger partial charge is 0.383 e. The van der Waals surface area contributed by atoms with E-state index in [4.69, 9.17) is 0 Å². The Morgan fingerprint density at radius 2 is 1.71 bits per heavy atom. The third-order valence-electron chi connectivity index (χ3n) is 4.45. The molecule has 0 radical (unpaired) electrons. The molecule has 2 heterocycles. The fourth-order valence-corrected chi connectivity index (χ4v) is 4.06. The van der Waals surface area contributed by atoms with Crippen molar-refractivity contribution in [1.82, 2.24) is 9.97 Å². The number of pyridine rings is 1. The molecule has 7 heteroatoms. The van der Waals surface area contributed by atoms with Gasteiger partial charge in [-0.25, -0.2) is 13.4 Å². The molecule has 4 rings (SSSR count). The van der Waals surface area contributed by atoms with Gasteiger partial charge in [0.2, 0.25) is 0 Å². The van der Waals surface area contributed by atoms with Gasteiger partial charge in [-0.2, -0.15) is 0 Å². The third-order valence-corrected chi connectivity index (χ3v) is 5.82. The predicted molar refractivity (Wildman–Crippen MR) is 112 cm³/mol. The molecule has 0 saturated carbocycles. The number of aromatic nitrogens is 2. The Kier molecular flexibility index (Phi) is 4.99. The van der Waals surface area contributed by atoms with Gasteiger partial charge in [0.25, 0.3) is 10.0 Å². The predicted octanol–water partition coefficient (Wildman–Crippen LogP) is 4.02. The summed E-state index contributed by atoms with van der Waals surface area (Å²) in [6.45, 7) is 0.749. The highest BCUT2D eigenvalue weighted by Gasteiger charge is 2.13. The molecule has 3 N–H and O–H groups in total. The van der Waals surface area contributed by atoms with Gasteiger partial charge in [-0.3, -0.25) is 4.72 Å². The minimum absolute atomic E-state index is 0.206. The number of hydrogen-bond acceptors (Lipinski definition) is 4. The zero-order valence-electron chi connectivity index (χ0n) is 15.1. The lowest BCUT2D eigenvalue weighted by Gasteiger charge is -2.09. The van der Waals surface area contributed by atoms with E-state index in [0.717, 1.165) is 24.2 Å². The maximum Gasteiger partial charge on any atom is 0.263 e. The van der Waals surface area contributed by atoms with Gasteiger partial charge >= 0.3 is 0 Å². The van der Waals surface area contributed by atoms with E-state index in [1.165, 1.54) is 10.9 Å². The van der Waals surface area contributed by atoms with Gasteiger partial charge in [0.15, 0.2) is 0 Å². The third kappa shape index (κ3) is 3.99. The van der Waals surface area contributed by atoms with Crippen molar-refractivity contribution in [1.29, 1.82) is 0 Å².